The minimum atomic E-state index is -0.248. The smallest absolute Gasteiger partial charge is 0.250 e. The van der Waals surface area contributed by atoms with Crippen LogP contribution in [0.5, 0.6) is 0 Å². The Kier molecular flexibility index (Phi) is 4.66. The Hall–Kier alpha value is -2.57. The van der Waals surface area contributed by atoms with Crippen LogP contribution in [-0.2, 0) is 6.54 Å². The molecule has 1 N–H and O–H groups in total. The highest BCUT2D eigenvalue weighted by Crippen LogP contribution is 2.30. The van der Waals surface area contributed by atoms with Crippen molar-refractivity contribution in [1.29, 1.82) is 0 Å². The average molecular weight is 394 g/mol. The third-order valence-electron chi connectivity index (χ3n) is 5.36. The van der Waals surface area contributed by atoms with E-state index in [2.05, 4.69) is 23.2 Å². The Labute approximate surface area is 166 Å². The van der Waals surface area contributed by atoms with Crippen LogP contribution < -0.4 is 4.90 Å². The molecule has 0 aliphatic carbocycles. The maximum atomic E-state index is 13.1. The van der Waals surface area contributed by atoms with E-state index >= 15 is 0 Å². The maximum Gasteiger partial charge on any atom is 0.250 e. The van der Waals surface area contributed by atoms with Gasteiger partial charge < -0.3 is 9.32 Å². The van der Waals surface area contributed by atoms with Crippen molar-refractivity contribution in [3.8, 4) is 11.3 Å². The van der Waals surface area contributed by atoms with Gasteiger partial charge in [-0.1, -0.05) is 12.1 Å². The van der Waals surface area contributed by atoms with Gasteiger partial charge in [-0.05, 0) is 49.2 Å². The number of fused-ring (bicyclic) bond motifs is 1. The molecule has 1 fully saturated rings. The SMILES string of the molecule is Fc1ccc(-c2cnc(C[NH+]3CCC[C@H](c4nc5ccccc5s4)C3)o2)cc1. The second-order valence-electron chi connectivity index (χ2n) is 7.37. The fraction of sp³-hybridized carbons (Fsp3) is 0.273. The molecule has 2 atom stereocenters. The van der Waals surface area contributed by atoms with Crippen molar-refractivity contribution in [3.05, 3.63) is 71.4 Å². The van der Waals surface area contributed by atoms with Crippen LogP contribution in [0.3, 0.4) is 0 Å². The van der Waals surface area contributed by atoms with Crippen molar-refractivity contribution < 1.29 is 13.7 Å². The van der Waals surface area contributed by atoms with Gasteiger partial charge in [0.15, 0.2) is 12.3 Å². The van der Waals surface area contributed by atoms with Crippen LogP contribution in [0.15, 0.2) is 59.1 Å². The highest BCUT2D eigenvalue weighted by Gasteiger charge is 2.28. The molecule has 0 spiro atoms. The van der Waals surface area contributed by atoms with Crippen molar-refractivity contribution in [2.24, 2.45) is 0 Å². The van der Waals surface area contributed by atoms with Gasteiger partial charge in [0.05, 0.1) is 35.4 Å². The number of likely N-dealkylation sites (tertiary alicyclic amines) is 1. The van der Waals surface area contributed by atoms with E-state index < -0.39 is 0 Å². The van der Waals surface area contributed by atoms with Crippen LogP contribution in [-0.4, -0.2) is 23.1 Å². The molecule has 2 aromatic heterocycles. The zero-order valence-corrected chi connectivity index (χ0v) is 16.2. The maximum absolute atomic E-state index is 13.1. The lowest BCUT2D eigenvalue weighted by molar-refractivity contribution is -0.921. The number of para-hydroxylation sites is 1. The summed E-state index contributed by atoms with van der Waals surface area (Å²) in [5.74, 6) is 1.67. The molecule has 4 nitrogen and oxygen atoms in total. The molecule has 0 radical (unpaired) electrons. The molecule has 5 rings (SSSR count). The largest absolute Gasteiger partial charge is 0.435 e. The minimum absolute atomic E-state index is 0.248. The third-order valence-corrected chi connectivity index (χ3v) is 6.56. The van der Waals surface area contributed by atoms with E-state index in [0.29, 0.717) is 11.7 Å². The molecule has 6 heteroatoms. The minimum Gasteiger partial charge on any atom is -0.435 e. The number of nitrogens with zero attached hydrogens (tertiary/aromatic N) is 2. The Morgan fingerprint density at radius 1 is 1.14 bits per heavy atom. The van der Waals surface area contributed by atoms with Gasteiger partial charge in [0, 0.05) is 5.56 Å². The summed E-state index contributed by atoms with van der Waals surface area (Å²) < 4.78 is 20.3. The van der Waals surface area contributed by atoms with E-state index in [-0.39, 0.29) is 5.82 Å². The molecular formula is C22H21FN3OS+. The predicted octanol–water partition coefficient (Wildman–Crippen LogP) is 4.05. The third kappa shape index (κ3) is 3.57. The number of aromatic nitrogens is 2. The molecule has 2 aromatic carbocycles. The van der Waals surface area contributed by atoms with E-state index in [0.717, 1.165) is 36.6 Å². The lowest BCUT2D eigenvalue weighted by Crippen LogP contribution is -3.12. The number of thiazole rings is 1. The summed E-state index contributed by atoms with van der Waals surface area (Å²) >= 11 is 1.82. The van der Waals surface area contributed by atoms with Gasteiger partial charge in [-0.15, -0.1) is 11.3 Å². The summed E-state index contributed by atoms with van der Waals surface area (Å²) in [6.07, 6.45) is 4.11. The Morgan fingerprint density at radius 3 is 2.86 bits per heavy atom. The number of oxazole rings is 1. The number of benzene rings is 2. The summed E-state index contributed by atoms with van der Waals surface area (Å²) in [6.45, 7) is 2.94. The van der Waals surface area contributed by atoms with Crippen LogP contribution in [0.2, 0.25) is 0 Å². The molecule has 0 amide bonds. The van der Waals surface area contributed by atoms with Gasteiger partial charge in [-0.25, -0.2) is 14.4 Å². The molecule has 1 aliphatic rings. The van der Waals surface area contributed by atoms with E-state index in [4.69, 9.17) is 9.40 Å². The zero-order valence-electron chi connectivity index (χ0n) is 15.4. The molecule has 1 unspecified atom stereocenters. The van der Waals surface area contributed by atoms with Gasteiger partial charge in [-0.3, -0.25) is 0 Å². The number of quaternary nitrogens is 1. The molecule has 3 heterocycles. The average Bonchev–Trinajstić information content (AvgIpc) is 3.36. The van der Waals surface area contributed by atoms with Crippen LogP contribution in [0.25, 0.3) is 21.5 Å². The number of rotatable bonds is 4. The fourth-order valence-corrected chi connectivity index (χ4v) is 5.04. The summed E-state index contributed by atoms with van der Waals surface area (Å²) in [5, 5.41) is 1.25. The van der Waals surface area contributed by atoms with Gasteiger partial charge in [0.1, 0.15) is 10.8 Å². The highest BCUT2D eigenvalue weighted by molar-refractivity contribution is 7.18. The van der Waals surface area contributed by atoms with Crippen molar-refractivity contribution in [2.75, 3.05) is 13.1 Å². The number of halogens is 1. The van der Waals surface area contributed by atoms with Crippen LogP contribution in [0.1, 0.15) is 29.7 Å². The molecule has 1 aliphatic heterocycles. The fourth-order valence-electron chi connectivity index (χ4n) is 3.94. The number of piperidine rings is 1. The second-order valence-corrected chi connectivity index (χ2v) is 8.43. The molecule has 28 heavy (non-hydrogen) atoms. The first-order chi connectivity index (χ1) is 13.7. The normalized spacial score (nSPS) is 19.9. The molecular weight excluding hydrogens is 373 g/mol. The van der Waals surface area contributed by atoms with Crippen LogP contribution in [0, 0.1) is 5.82 Å². The standard InChI is InChI=1S/C22H20FN3OS/c23-17-9-7-15(8-10-17)19-12-24-21(27-19)14-26-11-3-4-16(13-26)22-25-18-5-1-2-6-20(18)28-22/h1-2,5-10,12,16H,3-4,11,13-14H2/p+1/t16-/m0/s1. The Balaban J connectivity index is 1.28. The topological polar surface area (TPSA) is 43.4 Å². The van der Waals surface area contributed by atoms with Crippen LogP contribution >= 0.6 is 11.3 Å². The van der Waals surface area contributed by atoms with Crippen molar-refractivity contribution in [3.63, 3.8) is 0 Å². The molecule has 1 saturated heterocycles. The Bertz CT molecular complexity index is 1060. The van der Waals surface area contributed by atoms with Crippen molar-refractivity contribution in [1.82, 2.24) is 9.97 Å². The van der Waals surface area contributed by atoms with E-state index in [1.54, 1.807) is 18.3 Å². The quantitative estimate of drug-likeness (QED) is 0.568. The molecule has 0 bridgehead atoms. The first-order valence-corrected chi connectivity index (χ1v) is 10.5. The van der Waals surface area contributed by atoms with E-state index in [9.17, 15) is 4.39 Å². The monoisotopic (exact) mass is 394 g/mol. The second kappa shape index (κ2) is 7.45. The van der Waals surface area contributed by atoms with Crippen LogP contribution in [0.4, 0.5) is 4.39 Å². The predicted molar refractivity (Wildman–Crippen MR) is 108 cm³/mol. The highest BCUT2D eigenvalue weighted by atomic mass is 32.1. The first kappa shape index (κ1) is 17.5. The van der Waals surface area contributed by atoms with E-state index in [1.807, 2.05) is 17.4 Å². The summed E-state index contributed by atoms with van der Waals surface area (Å²) in [6, 6.07) is 14.7. The summed E-state index contributed by atoms with van der Waals surface area (Å²) in [4.78, 5) is 10.8. The Morgan fingerprint density at radius 2 is 2.00 bits per heavy atom. The molecule has 142 valence electrons. The van der Waals surface area contributed by atoms with Gasteiger partial charge in [0.2, 0.25) is 0 Å². The molecule has 0 saturated carbocycles. The molecule has 4 aromatic rings. The number of nitrogens with one attached hydrogen (secondary N) is 1. The van der Waals surface area contributed by atoms with Crippen molar-refractivity contribution in [2.45, 2.75) is 25.3 Å². The van der Waals surface area contributed by atoms with Crippen molar-refractivity contribution >= 4 is 21.6 Å². The summed E-state index contributed by atoms with van der Waals surface area (Å²) in [7, 11) is 0. The van der Waals surface area contributed by atoms with Gasteiger partial charge >= 0.3 is 0 Å². The summed E-state index contributed by atoms with van der Waals surface area (Å²) in [5.41, 5.74) is 1.95. The lowest BCUT2D eigenvalue weighted by Gasteiger charge is -2.27. The number of hydrogen-bond acceptors (Lipinski definition) is 4. The van der Waals surface area contributed by atoms with Gasteiger partial charge in [-0.2, -0.15) is 0 Å². The van der Waals surface area contributed by atoms with E-state index in [1.165, 1.54) is 39.6 Å². The van der Waals surface area contributed by atoms with Gasteiger partial charge in [0.25, 0.3) is 5.89 Å². The number of hydrogen-bond donors (Lipinski definition) is 1. The zero-order chi connectivity index (χ0) is 18.9. The lowest BCUT2D eigenvalue weighted by atomic mass is 9.99. The first-order valence-electron chi connectivity index (χ1n) is 9.64.